The van der Waals surface area contributed by atoms with Gasteiger partial charge in [-0.3, -0.25) is 57.3 Å². The van der Waals surface area contributed by atoms with E-state index in [2.05, 4.69) is 31.2 Å². The molecule has 1 unspecified atom stereocenters. The van der Waals surface area contributed by atoms with Gasteiger partial charge in [-0.1, -0.05) is 44.0 Å². The van der Waals surface area contributed by atoms with Crippen molar-refractivity contribution in [1.82, 2.24) is 59.2 Å². The Morgan fingerprint density at radius 1 is 0.505 bits per heavy atom. The van der Waals surface area contributed by atoms with E-state index in [4.69, 9.17) is 43.0 Å². The zero-order valence-electron chi connectivity index (χ0n) is 54.8. The molecule has 35 heteroatoms. The highest BCUT2D eigenvalue weighted by atomic mass is 35.5. The lowest BCUT2D eigenvalue weighted by Crippen LogP contribution is -2.45. The van der Waals surface area contributed by atoms with Crippen LogP contribution < -0.4 is 16.0 Å². The fourth-order valence-electron chi connectivity index (χ4n) is 12.1. The molecule has 0 saturated heterocycles. The van der Waals surface area contributed by atoms with E-state index in [9.17, 15) is 65.1 Å². The summed E-state index contributed by atoms with van der Waals surface area (Å²) in [5.74, 6) is -6.34. The highest BCUT2D eigenvalue weighted by molar-refractivity contribution is 6.31. The van der Waals surface area contributed by atoms with E-state index in [1.54, 1.807) is 45.6 Å². The summed E-state index contributed by atoms with van der Waals surface area (Å²) in [6, 6.07) is 6.07. The minimum absolute atomic E-state index is 0.0280. The van der Waals surface area contributed by atoms with Crippen molar-refractivity contribution in [3.05, 3.63) is 138 Å². The first kappa shape index (κ1) is 71.9. The number of halogens is 7. The van der Waals surface area contributed by atoms with Crippen molar-refractivity contribution < 1.29 is 79.6 Å². The van der Waals surface area contributed by atoms with Gasteiger partial charge in [0.15, 0.2) is 35.7 Å². The number of fused-ring (bicyclic) bond motifs is 9. The molecule has 28 nitrogen and oxygen atoms in total. The maximum atomic E-state index is 14.1. The van der Waals surface area contributed by atoms with Crippen LogP contribution in [-0.4, -0.2) is 170 Å². The van der Waals surface area contributed by atoms with Crippen LogP contribution in [0.2, 0.25) is 10.0 Å². The molecular weight excluding hydrogens is 1350 g/mol. The number of Topliss-reactive ketones (excluding diaryl/α,β-unsaturated/α-hetero) is 3. The molecule has 6 atom stereocenters. The third kappa shape index (κ3) is 14.7. The number of ketones is 3. The van der Waals surface area contributed by atoms with E-state index in [1.165, 1.54) is 57.1 Å². The number of amides is 9. The molecule has 6 aromatic rings. The van der Waals surface area contributed by atoms with Gasteiger partial charge in [-0.05, 0) is 51.1 Å². The number of urea groups is 3. The number of hydrogen-bond acceptors (Lipinski definition) is 16. The summed E-state index contributed by atoms with van der Waals surface area (Å²) in [4.78, 5) is 136. The summed E-state index contributed by atoms with van der Waals surface area (Å²) < 4.78 is 73.1. The van der Waals surface area contributed by atoms with Crippen LogP contribution in [0.25, 0.3) is 0 Å². The van der Waals surface area contributed by atoms with Gasteiger partial charge in [0.05, 0.1) is 83.3 Å². The molecule has 3 aromatic carbocycles. The summed E-state index contributed by atoms with van der Waals surface area (Å²) in [5.41, 5.74) is 4.00. The number of carbonyl (C=O) groups excluding carboxylic acids is 9. The van der Waals surface area contributed by atoms with Gasteiger partial charge in [-0.2, -0.15) is 20.6 Å². The Bertz CT molecular complexity index is 4170. The number of nitriles is 1. The number of nitrogens with zero attached hydrogens (tertiary/aromatic N) is 13. The molecule has 6 aliphatic heterocycles. The number of hydrogen-bond donors (Lipinski definition) is 3. The minimum atomic E-state index is -0.962. The summed E-state index contributed by atoms with van der Waals surface area (Å²) in [7, 11) is 4.29. The summed E-state index contributed by atoms with van der Waals surface area (Å²) in [5, 5.41) is 32.6. The van der Waals surface area contributed by atoms with Crippen molar-refractivity contribution in [2.45, 2.75) is 156 Å². The van der Waals surface area contributed by atoms with Gasteiger partial charge in [0.2, 0.25) is 0 Å². The average molecular weight is 1420 g/mol. The Morgan fingerprint density at radius 3 is 1.14 bits per heavy atom. The average Bonchev–Trinajstić information content (AvgIpc) is 1.62. The Morgan fingerprint density at radius 2 is 0.828 bits per heavy atom. The first-order valence-electron chi connectivity index (χ1n) is 31.3. The summed E-state index contributed by atoms with van der Waals surface area (Å²) in [6.45, 7) is 11.0. The van der Waals surface area contributed by atoms with Gasteiger partial charge >= 0.3 is 18.1 Å². The number of anilines is 3. The number of rotatable bonds is 9. The zero-order valence-corrected chi connectivity index (χ0v) is 56.4. The first-order valence-corrected chi connectivity index (χ1v) is 32.1. The SMILES string of the molecule is CCC(=O)C1Cn2nc3c(c2C(=O)N(C)O1)CN(C(=O)Nc1cc(Cl)c(F)cc1F)[C@H](C)C3.CCC(=O)[C@@H]1Cn2nc3c(c2C(=O)N(C)O1)CN(C(=O)Nc1cc(Cl)c(F)cc1F)[C@H](C)C3.CCC(=O)[C@@H]1Cn2nc3c(c2C(=O)N(C)O1)CN(C(=O)Nc1ccc(F)c(C#N)c1)[C@H](C)C3. The molecule has 6 aliphatic rings. The van der Waals surface area contributed by atoms with Crippen LogP contribution in [0, 0.1) is 40.4 Å². The molecule has 3 N–H and O–H groups in total. The molecule has 12 rings (SSSR count). The van der Waals surface area contributed by atoms with Gasteiger partial charge in [0, 0.05) is 112 Å². The smallest absolute Gasteiger partial charge is 0.317 e. The van der Waals surface area contributed by atoms with Crippen molar-refractivity contribution in [2.24, 2.45) is 0 Å². The van der Waals surface area contributed by atoms with E-state index in [0.717, 1.165) is 33.4 Å². The highest BCUT2D eigenvalue weighted by Crippen LogP contribution is 2.35. The Hall–Kier alpha value is -9.88. The van der Waals surface area contributed by atoms with Gasteiger partial charge in [-0.25, -0.2) is 51.5 Å². The predicted octanol–water partition coefficient (Wildman–Crippen LogP) is 8.55. The largest absolute Gasteiger partial charge is 0.322 e. The normalized spacial score (nSPS) is 20.1. The summed E-state index contributed by atoms with van der Waals surface area (Å²) >= 11 is 11.4. The van der Waals surface area contributed by atoms with Gasteiger partial charge in [0.1, 0.15) is 52.2 Å². The lowest BCUT2D eigenvalue weighted by molar-refractivity contribution is -0.166. The van der Waals surface area contributed by atoms with Gasteiger partial charge < -0.3 is 30.7 Å². The van der Waals surface area contributed by atoms with Crippen LogP contribution in [-0.2, 0) is 87.4 Å². The fraction of sp³-hybridized carbons (Fsp3) is 0.422. The van der Waals surface area contributed by atoms with E-state index >= 15 is 0 Å². The van der Waals surface area contributed by atoms with Crippen LogP contribution in [0.4, 0.5) is 53.4 Å². The summed E-state index contributed by atoms with van der Waals surface area (Å²) in [6.07, 6.45) is -0.652. The van der Waals surface area contributed by atoms with Crippen molar-refractivity contribution >= 4 is 93.4 Å². The Kier molecular flexibility index (Phi) is 21.3. The number of nitrogens with one attached hydrogen (secondary N) is 3. The molecule has 0 aliphatic carbocycles. The molecule has 99 heavy (non-hydrogen) atoms. The van der Waals surface area contributed by atoms with Crippen LogP contribution in [0.1, 0.15) is 132 Å². The molecule has 3 aromatic heterocycles. The molecule has 524 valence electrons. The van der Waals surface area contributed by atoms with Crippen molar-refractivity contribution in [3.63, 3.8) is 0 Å². The van der Waals surface area contributed by atoms with Crippen LogP contribution in [0.5, 0.6) is 0 Å². The lowest BCUT2D eigenvalue weighted by atomic mass is 9.99. The number of hydroxylamine groups is 6. The Balaban J connectivity index is 0.000000161. The molecule has 0 fully saturated rings. The molecule has 9 amide bonds. The first-order chi connectivity index (χ1) is 46.9. The standard InChI is InChI=1S/C22H23FN6O4.2C21H22ClF2N5O4/c1-4-18(30)19-11-29-20(21(31)27(3)33-19)15-10-28(12(2)7-17(15)26-29)22(32)25-14-5-6-16(23)13(8-14)9-24;2*1-4-17(30)18-9-29-19(20(31)27(3)33-18)11-8-28(10(2)5-15(11)26-29)21(32)25-16-6-12(22)13(23)7-14(16)24/h5-6,8,12,19H,4,7,10-11H2,1-3H3,(H,25,32);2*6-7,10,18H,4-5,8-9H2,1-3H3,(H,25,32)/t12-,19+;10-,18?;10-,18+/m111/s1. The topological polar surface area (TPSA) is 314 Å². The third-order valence-electron chi connectivity index (χ3n) is 17.5. The van der Waals surface area contributed by atoms with Crippen molar-refractivity contribution in [1.29, 1.82) is 5.26 Å². The minimum Gasteiger partial charge on any atom is -0.317 e. The molecule has 9 heterocycles. The molecule has 0 saturated carbocycles. The zero-order chi connectivity index (χ0) is 71.9. The predicted molar refractivity (Wildman–Crippen MR) is 341 cm³/mol. The second kappa shape index (κ2) is 29.3. The van der Waals surface area contributed by atoms with Crippen molar-refractivity contribution in [2.75, 3.05) is 37.1 Å². The number of benzene rings is 3. The molecule has 0 bridgehead atoms. The monoisotopic (exact) mass is 1420 g/mol. The Labute approximate surface area is 572 Å². The van der Waals surface area contributed by atoms with Gasteiger partial charge in [0.25, 0.3) is 17.7 Å². The maximum absolute atomic E-state index is 14.1. The molecular formula is C64H67Cl2F5N16O12. The van der Waals surface area contributed by atoms with Crippen LogP contribution >= 0.6 is 23.2 Å². The number of aromatic nitrogens is 6. The molecule has 0 radical (unpaired) electrons. The number of carbonyl (C=O) groups is 9. The van der Waals surface area contributed by atoms with E-state index < -0.39 is 83.2 Å². The van der Waals surface area contributed by atoms with Gasteiger partial charge in [-0.15, -0.1) is 0 Å². The quantitative estimate of drug-likeness (QED) is 0.0901. The van der Waals surface area contributed by atoms with E-state index in [-0.39, 0.29) is 144 Å². The van der Waals surface area contributed by atoms with Crippen molar-refractivity contribution in [3.8, 4) is 6.07 Å². The third-order valence-corrected chi connectivity index (χ3v) is 18.1. The molecule has 0 spiro atoms. The second-order valence-electron chi connectivity index (χ2n) is 24.1. The highest BCUT2D eigenvalue weighted by Gasteiger charge is 2.43. The van der Waals surface area contributed by atoms with Crippen LogP contribution in [0.15, 0.2) is 42.5 Å². The van der Waals surface area contributed by atoms with E-state index in [1.807, 2.05) is 6.92 Å². The fourth-order valence-corrected chi connectivity index (χ4v) is 12.4. The maximum Gasteiger partial charge on any atom is 0.322 e. The second-order valence-corrected chi connectivity index (χ2v) is 25.0. The lowest BCUT2D eigenvalue weighted by Gasteiger charge is -2.33. The van der Waals surface area contributed by atoms with Crippen LogP contribution in [0.3, 0.4) is 0 Å². The van der Waals surface area contributed by atoms with E-state index in [0.29, 0.717) is 65.2 Å².